The maximum Gasteiger partial charge on any atom is 0.296 e. The molecule has 3 nitrogen and oxygen atoms in total. The van der Waals surface area contributed by atoms with Gasteiger partial charge in [-0.3, -0.25) is 0 Å². The summed E-state index contributed by atoms with van der Waals surface area (Å²) in [4.78, 5) is 9.08. The zero-order valence-electron chi connectivity index (χ0n) is 11.9. The van der Waals surface area contributed by atoms with Crippen LogP contribution >= 0.6 is 23.5 Å². The lowest BCUT2D eigenvalue weighted by Crippen LogP contribution is -2.28. The summed E-state index contributed by atoms with van der Waals surface area (Å²) in [5.74, 6) is 1.14. The van der Waals surface area contributed by atoms with E-state index in [0.29, 0.717) is 0 Å². The number of aromatic amines is 1. The van der Waals surface area contributed by atoms with E-state index in [0.717, 1.165) is 39.7 Å². The zero-order valence-corrected chi connectivity index (χ0v) is 13.5. The number of benzene rings is 1. The van der Waals surface area contributed by atoms with Crippen LogP contribution in [-0.4, -0.2) is 9.97 Å². The Morgan fingerprint density at radius 3 is 2.82 bits per heavy atom. The van der Waals surface area contributed by atoms with Crippen molar-refractivity contribution in [2.45, 2.75) is 24.2 Å². The van der Waals surface area contributed by atoms with Crippen molar-refractivity contribution in [3.05, 3.63) is 59.5 Å². The number of pyridine rings is 1. The normalized spacial score (nSPS) is 14.5. The van der Waals surface area contributed by atoms with Gasteiger partial charge in [0, 0.05) is 16.8 Å². The van der Waals surface area contributed by atoms with E-state index in [2.05, 4.69) is 26.1 Å². The molecule has 3 aromatic rings. The summed E-state index contributed by atoms with van der Waals surface area (Å²) in [7, 11) is 0. The van der Waals surface area contributed by atoms with Crippen LogP contribution in [0.5, 0.6) is 0 Å². The zero-order chi connectivity index (χ0) is 14.9. The van der Waals surface area contributed by atoms with Gasteiger partial charge >= 0.3 is 0 Å². The summed E-state index contributed by atoms with van der Waals surface area (Å²) < 4.78 is 2.24. The van der Waals surface area contributed by atoms with Crippen LogP contribution in [0.2, 0.25) is 5.02 Å². The molecule has 0 saturated heterocycles. The molecule has 0 saturated carbocycles. The summed E-state index contributed by atoms with van der Waals surface area (Å²) in [5.41, 5.74) is 3.40. The molecule has 0 spiro atoms. The molecule has 1 aliphatic carbocycles. The molecule has 110 valence electrons. The quantitative estimate of drug-likeness (QED) is 0.711. The molecule has 0 aliphatic heterocycles. The Morgan fingerprint density at radius 2 is 2.05 bits per heavy atom. The Morgan fingerprint density at radius 1 is 1.18 bits per heavy atom. The number of fused-ring (bicyclic) bond motifs is 1. The molecule has 22 heavy (non-hydrogen) atoms. The van der Waals surface area contributed by atoms with Crippen molar-refractivity contribution in [3.63, 3.8) is 0 Å². The smallest absolute Gasteiger partial charge is 0.220 e. The van der Waals surface area contributed by atoms with Gasteiger partial charge in [0.2, 0.25) is 5.52 Å². The number of halogens is 1. The van der Waals surface area contributed by atoms with Crippen molar-refractivity contribution in [1.82, 2.24) is 9.97 Å². The Bertz CT molecular complexity index is 852. The van der Waals surface area contributed by atoms with Gasteiger partial charge in [0.15, 0.2) is 0 Å². The second-order valence-corrected chi connectivity index (χ2v) is 6.76. The average molecular weight is 329 g/mol. The van der Waals surface area contributed by atoms with Crippen LogP contribution < -0.4 is 3.97 Å². The van der Waals surface area contributed by atoms with Crippen LogP contribution in [0.25, 0.3) is 16.7 Å². The first-order valence-corrected chi connectivity index (χ1v) is 8.48. The van der Waals surface area contributed by atoms with Crippen LogP contribution in [0.3, 0.4) is 0 Å². The standard InChI is InChI=1S/C17H14ClN3S/c18-13-7-9-14(10-8-13)22-21-15-6-3-11-19-16(15)20-17(21)12-4-1-2-5-12/h3-4,6-11H,1-2,5H2/p+1. The lowest BCUT2D eigenvalue weighted by Gasteiger charge is -2.01. The molecule has 0 radical (unpaired) electrons. The molecule has 2 aromatic heterocycles. The highest BCUT2D eigenvalue weighted by Gasteiger charge is 2.25. The third-order valence-corrected chi connectivity index (χ3v) is 5.10. The lowest BCUT2D eigenvalue weighted by molar-refractivity contribution is -0.466. The van der Waals surface area contributed by atoms with E-state index in [1.54, 1.807) is 11.9 Å². The first kappa shape index (κ1) is 13.9. The molecule has 2 heterocycles. The largest absolute Gasteiger partial charge is 0.296 e. The van der Waals surface area contributed by atoms with E-state index in [-0.39, 0.29) is 0 Å². The van der Waals surface area contributed by atoms with Crippen LogP contribution in [0.4, 0.5) is 0 Å². The monoisotopic (exact) mass is 328 g/mol. The first-order valence-electron chi connectivity index (χ1n) is 7.33. The minimum absolute atomic E-state index is 0.758. The second-order valence-electron chi connectivity index (χ2n) is 5.31. The predicted octanol–water partition coefficient (Wildman–Crippen LogP) is 4.63. The van der Waals surface area contributed by atoms with Crippen molar-refractivity contribution in [2.75, 3.05) is 0 Å². The van der Waals surface area contributed by atoms with Crippen molar-refractivity contribution in [3.8, 4) is 0 Å². The number of hydrogen-bond donors (Lipinski definition) is 1. The van der Waals surface area contributed by atoms with E-state index in [1.165, 1.54) is 12.0 Å². The Labute approximate surface area is 138 Å². The summed E-state index contributed by atoms with van der Waals surface area (Å²) in [5, 5.41) is 0.758. The molecular weight excluding hydrogens is 314 g/mol. The fourth-order valence-corrected chi connectivity index (χ4v) is 3.83. The molecule has 0 unspecified atom stereocenters. The number of hydrogen-bond acceptors (Lipinski definition) is 2. The summed E-state index contributed by atoms with van der Waals surface area (Å²) >= 11 is 7.67. The maximum atomic E-state index is 5.98. The highest BCUT2D eigenvalue weighted by atomic mass is 35.5. The molecule has 0 atom stereocenters. The molecule has 5 heteroatoms. The molecule has 4 rings (SSSR count). The molecule has 0 bridgehead atoms. The van der Waals surface area contributed by atoms with E-state index in [1.807, 2.05) is 36.5 Å². The topological polar surface area (TPSA) is 32.6 Å². The van der Waals surface area contributed by atoms with Crippen molar-refractivity contribution in [1.29, 1.82) is 0 Å². The minimum Gasteiger partial charge on any atom is -0.220 e. The van der Waals surface area contributed by atoms with Gasteiger partial charge in [0.1, 0.15) is 11.9 Å². The van der Waals surface area contributed by atoms with Gasteiger partial charge in [-0.25, -0.2) is 9.97 Å². The third kappa shape index (κ3) is 2.53. The van der Waals surface area contributed by atoms with Crippen LogP contribution in [0.1, 0.15) is 25.1 Å². The van der Waals surface area contributed by atoms with Crippen molar-refractivity contribution < 1.29 is 3.97 Å². The summed E-state index contributed by atoms with van der Waals surface area (Å²) in [6, 6.07) is 12.0. The predicted molar refractivity (Wildman–Crippen MR) is 90.8 cm³/mol. The highest BCUT2D eigenvalue weighted by molar-refractivity contribution is 7.93. The van der Waals surface area contributed by atoms with Gasteiger partial charge in [-0.15, -0.1) is 0 Å². The van der Waals surface area contributed by atoms with Gasteiger partial charge in [-0.2, -0.15) is 3.97 Å². The maximum absolute atomic E-state index is 5.98. The van der Waals surface area contributed by atoms with Crippen molar-refractivity contribution >= 4 is 40.3 Å². The van der Waals surface area contributed by atoms with Gasteiger partial charge in [0.05, 0.1) is 4.90 Å². The van der Waals surface area contributed by atoms with Gasteiger partial charge in [-0.05, 0) is 55.7 Å². The summed E-state index contributed by atoms with van der Waals surface area (Å²) in [6.45, 7) is 0. The fourth-order valence-electron chi connectivity index (χ4n) is 2.73. The van der Waals surface area contributed by atoms with Crippen LogP contribution in [0, 0.1) is 0 Å². The molecule has 0 amide bonds. The molecule has 1 aromatic carbocycles. The van der Waals surface area contributed by atoms with Gasteiger partial charge in [0.25, 0.3) is 11.5 Å². The molecule has 1 N–H and O–H groups in total. The number of aromatic nitrogens is 3. The minimum atomic E-state index is 0.758. The van der Waals surface area contributed by atoms with Crippen molar-refractivity contribution in [2.24, 2.45) is 0 Å². The number of nitrogens with one attached hydrogen (secondary N) is 1. The molecule has 1 aliphatic rings. The van der Waals surface area contributed by atoms with Crippen LogP contribution in [-0.2, 0) is 0 Å². The highest BCUT2D eigenvalue weighted by Crippen LogP contribution is 2.28. The first-order chi connectivity index (χ1) is 10.8. The summed E-state index contributed by atoms with van der Waals surface area (Å²) in [6.07, 6.45) is 7.65. The van der Waals surface area contributed by atoms with E-state index in [4.69, 9.17) is 11.6 Å². The Hall–Kier alpha value is -1.78. The van der Waals surface area contributed by atoms with E-state index < -0.39 is 0 Å². The second kappa shape index (κ2) is 5.78. The van der Waals surface area contributed by atoms with Gasteiger partial charge < -0.3 is 0 Å². The number of H-pyrrole nitrogens is 1. The molecule has 0 fully saturated rings. The fraction of sp³-hybridized carbons (Fsp3) is 0.176. The van der Waals surface area contributed by atoms with Crippen LogP contribution in [0.15, 0.2) is 53.6 Å². The lowest BCUT2D eigenvalue weighted by atomic mass is 10.2. The SMILES string of the molecule is Clc1ccc(S[n+]2c(C3=CCCC3)[nH]c3ncccc32)cc1. The Kier molecular flexibility index (Phi) is 3.64. The number of rotatable bonds is 3. The number of imidazole rings is 1. The Balaban J connectivity index is 1.83. The van der Waals surface area contributed by atoms with Gasteiger partial charge in [-0.1, -0.05) is 17.7 Å². The van der Waals surface area contributed by atoms with E-state index in [9.17, 15) is 0 Å². The number of nitrogens with zero attached hydrogens (tertiary/aromatic N) is 2. The van der Waals surface area contributed by atoms with E-state index >= 15 is 0 Å². The molecular formula is C17H15ClN3S+. The average Bonchev–Trinajstić information content (AvgIpc) is 3.18. The number of allylic oxidation sites excluding steroid dienone is 2. The third-order valence-electron chi connectivity index (χ3n) is 3.80.